The lowest BCUT2D eigenvalue weighted by atomic mass is 10.1. The molecule has 0 aliphatic heterocycles. The highest BCUT2D eigenvalue weighted by Crippen LogP contribution is 2.26. The van der Waals surface area contributed by atoms with Gasteiger partial charge in [0.15, 0.2) is 0 Å². The van der Waals surface area contributed by atoms with Crippen LogP contribution in [0.5, 0.6) is 5.75 Å². The minimum absolute atomic E-state index is 0.708. The van der Waals surface area contributed by atoms with Crippen molar-refractivity contribution >= 4 is 16.6 Å². The standard InChI is InChI=1S/C19H20N2O/c1-13-6-4-8-16(19(13)22-3)12-20-17-9-5-7-15-11-10-14(2)21-18(15)17/h4-11,20H,12H2,1-3H3. The Morgan fingerprint density at radius 3 is 2.64 bits per heavy atom. The zero-order valence-corrected chi connectivity index (χ0v) is 13.2. The molecule has 2 aromatic carbocycles. The second-order valence-electron chi connectivity index (χ2n) is 5.45. The third-order valence-corrected chi connectivity index (χ3v) is 3.83. The van der Waals surface area contributed by atoms with E-state index >= 15 is 0 Å². The molecule has 1 aromatic heterocycles. The Kier molecular flexibility index (Phi) is 3.96. The van der Waals surface area contributed by atoms with Crippen molar-refractivity contribution in [1.29, 1.82) is 0 Å². The van der Waals surface area contributed by atoms with Crippen LogP contribution < -0.4 is 10.1 Å². The number of fused-ring (bicyclic) bond motifs is 1. The molecular weight excluding hydrogens is 272 g/mol. The van der Waals surface area contributed by atoms with E-state index in [0.717, 1.165) is 39.2 Å². The summed E-state index contributed by atoms with van der Waals surface area (Å²) in [4.78, 5) is 4.65. The van der Waals surface area contributed by atoms with Crippen molar-refractivity contribution in [2.45, 2.75) is 20.4 Å². The summed E-state index contributed by atoms with van der Waals surface area (Å²) in [7, 11) is 1.72. The van der Waals surface area contributed by atoms with Gasteiger partial charge in [0, 0.05) is 23.2 Å². The van der Waals surface area contributed by atoms with Crippen LogP contribution in [0.15, 0.2) is 48.5 Å². The number of nitrogens with zero attached hydrogens (tertiary/aromatic N) is 1. The number of hydrogen-bond acceptors (Lipinski definition) is 3. The molecule has 0 amide bonds. The van der Waals surface area contributed by atoms with Crippen molar-refractivity contribution in [2.75, 3.05) is 12.4 Å². The molecule has 0 saturated carbocycles. The van der Waals surface area contributed by atoms with E-state index < -0.39 is 0 Å². The third kappa shape index (κ3) is 2.75. The molecule has 3 aromatic rings. The highest BCUT2D eigenvalue weighted by molar-refractivity contribution is 5.90. The molecular formula is C19H20N2O. The summed E-state index contributed by atoms with van der Waals surface area (Å²) in [6.07, 6.45) is 0. The maximum Gasteiger partial charge on any atom is 0.126 e. The number of pyridine rings is 1. The molecule has 22 heavy (non-hydrogen) atoms. The Morgan fingerprint density at radius 1 is 1.00 bits per heavy atom. The molecule has 0 atom stereocenters. The van der Waals surface area contributed by atoms with E-state index in [-0.39, 0.29) is 0 Å². The highest BCUT2D eigenvalue weighted by Gasteiger charge is 2.07. The van der Waals surface area contributed by atoms with Gasteiger partial charge in [-0.3, -0.25) is 4.98 Å². The Morgan fingerprint density at radius 2 is 1.82 bits per heavy atom. The summed E-state index contributed by atoms with van der Waals surface area (Å²) in [6, 6.07) is 16.5. The Bertz CT molecular complexity index is 812. The number of para-hydroxylation sites is 2. The van der Waals surface area contributed by atoms with Crippen molar-refractivity contribution in [3.63, 3.8) is 0 Å². The summed E-state index contributed by atoms with van der Waals surface area (Å²) >= 11 is 0. The number of benzene rings is 2. The van der Waals surface area contributed by atoms with Crippen LogP contribution in [0.3, 0.4) is 0 Å². The third-order valence-electron chi connectivity index (χ3n) is 3.83. The van der Waals surface area contributed by atoms with Crippen molar-refractivity contribution in [1.82, 2.24) is 4.98 Å². The zero-order chi connectivity index (χ0) is 15.5. The van der Waals surface area contributed by atoms with E-state index in [9.17, 15) is 0 Å². The summed E-state index contributed by atoms with van der Waals surface area (Å²) in [5, 5.41) is 4.64. The first kappa shape index (κ1) is 14.4. The van der Waals surface area contributed by atoms with E-state index in [4.69, 9.17) is 4.74 Å². The van der Waals surface area contributed by atoms with E-state index in [1.807, 2.05) is 13.0 Å². The average Bonchev–Trinajstić information content (AvgIpc) is 2.53. The van der Waals surface area contributed by atoms with Crippen LogP contribution in [0, 0.1) is 13.8 Å². The van der Waals surface area contributed by atoms with Gasteiger partial charge in [-0.2, -0.15) is 0 Å². The van der Waals surface area contributed by atoms with E-state index in [0.29, 0.717) is 6.54 Å². The highest BCUT2D eigenvalue weighted by atomic mass is 16.5. The molecule has 0 saturated heterocycles. The monoisotopic (exact) mass is 292 g/mol. The average molecular weight is 292 g/mol. The van der Waals surface area contributed by atoms with Crippen molar-refractivity contribution in [3.8, 4) is 5.75 Å². The van der Waals surface area contributed by atoms with Gasteiger partial charge in [-0.1, -0.05) is 36.4 Å². The van der Waals surface area contributed by atoms with Gasteiger partial charge in [0.1, 0.15) is 5.75 Å². The predicted molar refractivity (Wildman–Crippen MR) is 91.5 cm³/mol. The number of nitrogens with one attached hydrogen (secondary N) is 1. The van der Waals surface area contributed by atoms with E-state index in [1.165, 1.54) is 0 Å². The van der Waals surface area contributed by atoms with Crippen LogP contribution in [0.4, 0.5) is 5.69 Å². The lowest BCUT2D eigenvalue weighted by Gasteiger charge is -2.14. The fraction of sp³-hybridized carbons (Fsp3) is 0.211. The first-order valence-electron chi connectivity index (χ1n) is 7.42. The van der Waals surface area contributed by atoms with Gasteiger partial charge >= 0.3 is 0 Å². The largest absolute Gasteiger partial charge is 0.496 e. The molecule has 0 unspecified atom stereocenters. The normalized spacial score (nSPS) is 10.7. The first-order chi connectivity index (χ1) is 10.7. The number of anilines is 1. The number of ether oxygens (including phenoxy) is 1. The smallest absolute Gasteiger partial charge is 0.126 e. The number of hydrogen-bond donors (Lipinski definition) is 1. The maximum atomic E-state index is 5.52. The fourth-order valence-corrected chi connectivity index (χ4v) is 2.72. The van der Waals surface area contributed by atoms with Gasteiger partial charge in [-0.05, 0) is 31.5 Å². The van der Waals surface area contributed by atoms with Crippen LogP contribution in [0.2, 0.25) is 0 Å². The molecule has 0 bridgehead atoms. The molecule has 0 spiro atoms. The van der Waals surface area contributed by atoms with Gasteiger partial charge < -0.3 is 10.1 Å². The van der Waals surface area contributed by atoms with Crippen molar-refractivity contribution < 1.29 is 4.74 Å². The predicted octanol–water partition coefficient (Wildman–Crippen LogP) is 4.47. The maximum absolute atomic E-state index is 5.52. The second-order valence-corrected chi connectivity index (χ2v) is 5.45. The Hall–Kier alpha value is -2.55. The quantitative estimate of drug-likeness (QED) is 0.770. The Labute approximate surface area is 131 Å². The summed E-state index contributed by atoms with van der Waals surface area (Å²) in [5.41, 5.74) is 5.37. The van der Waals surface area contributed by atoms with Crippen LogP contribution in [0.25, 0.3) is 10.9 Å². The molecule has 0 aliphatic rings. The summed E-state index contributed by atoms with van der Waals surface area (Å²) < 4.78 is 5.52. The van der Waals surface area contributed by atoms with Gasteiger partial charge in [-0.15, -0.1) is 0 Å². The van der Waals surface area contributed by atoms with Crippen LogP contribution in [0.1, 0.15) is 16.8 Å². The van der Waals surface area contributed by atoms with E-state index in [1.54, 1.807) is 7.11 Å². The Balaban J connectivity index is 1.92. The SMILES string of the molecule is COc1c(C)cccc1CNc1cccc2ccc(C)nc12. The lowest BCUT2D eigenvalue weighted by molar-refractivity contribution is 0.407. The summed E-state index contributed by atoms with van der Waals surface area (Å²) in [5.74, 6) is 0.944. The molecule has 0 fully saturated rings. The van der Waals surface area contributed by atoms with Crippen molar-refractivity contribution in [3.05, 3.63) is 65.4 Å². The zero-order valence-electron chi connectivity index (χ0n) is 13.2. The minimum Gasteiger partial charge on any atom is -0.496 e. The minimum atomic E-state index is 0.708. The molecule has 0 radical (unpaired) electrons. The van der Waals surface area contributed by atoms with Gasteiger partial charge in [0.25, 0.3) is 0 Å². The van der Waals surface area contributed by atoms with Gasteiger partial charge in [0.2, 0.25) is 0 Å². The molecule has 1 N–H and O–H groups in total. The van der Waals surface area contributed by atoms with Crippen LogP contribution in [-0.2, 0) is 6.54 Å². The molecule has 0 aliphatic carbocycles. The van der Waals surface area contributed by atoms with Crippen LogP contribution in [-0.4, -0.2) is 12.1 Å². The first-order valence-corrected chi connectivity index (χ1v) is 7.42. The second kappa shape index (κ2) is 6.06. The fourth-order valence-electron chi connectivity index (χ4n) is 2.72. The molecule has 112 valence electrons. The van der Waals surface area contributed by atoms with E-state index in [2.05, 4.69) is 59.7 Å². The number of aromatic nitrogens is 1. The topological polar surface area (TPSA) is 34.1 Å². The lowest BCUT2D eigenvalue weighted by Crippen LogP contribution is -2.03. The van der Waals surface area contributed by atoms with Crippen LogP contribution >= 0.6 is 0 Å². The number of aryl methyl sites for hydroxylation is 2. The van der Waals surface area contributed by atoms with Crippen molar-refractivity contribution in [2.24, 2.45) is 0 Å². The number of methoxy groups -OCH3 is 1. The summed E-state index contributed by atoms with van der Waals surface area (Å²) in [6.45, 7) is 4.78. The number of rotatable bonds is 4. The molecule has 1 heterocycles. The van der Waals surface area contributed by atoms with Gasteiger partial charge in [-0.25, -0.2) is 0 Å². The molecule has 3 rings (SSSR count). The molecule has 3 heteroatoms. The van der Waals surface area contributed by atoms with Gasteiger partial charge in [0.05, 0.1) is 18.3 Å². The molecule has 3 nitrogen and oxygen atoms in total.